The van der Waals surface area contributed by atoms with Gasteiger partial charge in [-0.2, -0.15) is 0 Å². The zero-order valence-electron chi connectivity index (χ0n) is 9.88. The lowest BCUT2D eigenvalue weighted by atomic mass is 9.95. The molecule has 1 fully saturated rings. The predicted molar refractivity (Wildman–Crippen MR) is 62.5 cm³/mol. The molecule has 0 radical (unpaired) electrons. The van der Waals surface area contributed by atoms with Gasteiger partial charge in [0.1, 0.15) is 5.75 Å². The van der Waals surface area contributed by atoms with E-state index in [1.807, 2.05) is 0 Å². The monoisotopic (exact) mass is 241 g/mol. The molecule has 94 valence electrons. The molecule has 0 aliphatic carbocycles. The number of methoxy groups -OCH3 is 1. The lowest BCUT2D eigenvalue weighted by molar-refractivity contribution is -0.0268. The second-order valence-electron chi connectivity index (χ2n) is 4.50. The second-order valence-corrected chi connectivity index (χ2v) is 4.50. The van der Waals surface area contributed by atoms with Crippen LogP contribution in [0.2, 0.25) is 0 Å². The molecular weight excluding hydrogens is 224 g/mol. The van der Waals surface area contributed by atoms with Gasteiger partial charge in [-0.05, 0) is 49.7 Å². The largest absolute Gasteiger partial charge is 0.497 e. The van der Waals surface area contributed by atoms with Gasteiger partial charge in [0.25, 0.3) is 5.92 Å². The van der Waals surface area contributed by atoms with Gasteiger partial charge in [-0.1, -0.05) is 0 Å². The molecule has 1 heterocycles. The molecule has 0 amide bonds. The average molecular weight is 241 g/mol. The first-order valence-corrected chi connectivity index (χ1v) is 5.85. The summed E-state index contributed by atoms with van der Waals surface area (Å²) in [5.41, 5.74) is 0.0743. The van der Waals surface area contributed by atoms with Crippen LogP contribution in [0.5, 0.6) is 5.75 Å². The lowest BCUT2D eigenvalue weighted by Gasteiger charge is -2.20. The standard InChI is InChI=1S/C13H17F2NO/c1-17-12-4-2-11(3-5-12)13(14,15)8-10-6-7-16-9-10/h2-5,10,16H,6-9H2,1H3. The summed E-state index contributed by atoms with van der Waals surface area (Å²) in [5.74, 6) is -2.07. The summed E-state index contributed by atoms with van der Waals surface area (Å²) in [5, 5.41) is 3.11. The van der Waals surface area contributed by atoms with E-state index in [0.29, 0.717) is 12.3 Å². The number of rotatable bonds is 4. The molecule has 1 N–H and O–H groups in total. The highest BCUT2D eigenvalue weighted by Crippen LogP contribution is 2.36. The normalized spacial score (nSPS) is 20.5. The molecule has 2 rings (SSSR count). The number of nitrogens with one attached hydrogen (secondary N) is 1. The van der Waals surface area contributed by atoms with Crippen molar-refractivity contribution in [3.63, 3.8) is 0 Å². The smallest absolute Gasteiger partial charge is 0.273 e. The fourth-order valence-electron chi connectivity index (χ4n) is 2.20. The Morgan fingerprint density at radius 1 is 1.35 bits per heavy atom. The molecule has 1 aliphatic heterocycles. The fraction of sp³-hybridized carbons (Fsp3) is 0.538. The number of alkyl halides is 2. The maximum atomic E-state index is 14.0. The molecule has 0 aromatic heterocycles. The van der Waals surface area contributed by atoms with E-state index in [1.165, 1.54) is 19.2 Å². The van der Waals surface area contributed by atoms with E-state index in [1.54, 1.807) is 12.1 Å². The minimum Gasteiger partial charge on any atom is -0.497 e. The van der Waals surface area contributed by atoms with Crippen molar-refractivity contribution in [2.24, 2.45) is 5.92 Å². The van der Waals surface area contributed by atoms with Crippen LogP contribution >= 0.6 is 0 Å². The van der Waals surface area contributed by atoms with Gasteiger partial charge in [-0.3, -0.25) is 0 Å². The molecule has 0 spiro atoms. The van der Waals surface area contributed by atoms with E-state index in [-0.39, 0.29) is 17.9 Å². The molecule has 1 saturated heterocycles. The summed E-state index contributed by atoms with van der Waals surface area (Å²) in [6, 6.07) is 6.05. The van der Waals surface area contributed by atoms with Crippen LogP contribution in [0.1, 0.15) is 18.4 Å². The van der Waals surface area contributed by atoms with Crippen molar-refractivity contribution in [3.8, 4) is 5.75 Å². The molecular formula is C13H17F2NO. The van der Waals surface area contributed by atoms with Gasteiger partial charge in [0.2, 0.25) is 0 Å². The topological polar surface area (TPSA) is 21.3 Å². The average Bonchev–Trinajstić information content (AvgIpc) is 2.81. The van der Waals surface area contributed by atoms with Gasteiger partial charge in [-0.15, -0.1) is 0 Å². The minimum absolute atomic E-state index is 0.0743. The number of benzene rings is 1. The van der Waals surface area contributed by atoms with E-state index in [4.69, 9.17) is 4.74 Å². The molecule has 1 aromatic rings. The number of halogens is 2. The number of hydrogen-bond donors (Lipinski definition) is 1. The van der Waals surface area contributed by atoms with Crippen LogP contribution < -0.4 is 10.1 Å². The summed E-state index contributed by atoms with van der Waals surface area (Å²) in [6.07, 6.45) is 0.762. The Bertz CT molecular complexity index is 358. The predicted octanol–water partition coefficient (Wildman–Crippen LogP) is 2.79. The zero-order valence-corrected chi connectivity index (χ0v) is 9.88. The van der Waals surface area contributed by atoms with Crippen LogP contribution in [0.15, 0.2) is 24.3 Å². The van der Waals surface area contributed by atoms with E-state index in [0.717, 1.165) is 13.0 Å². The summed E-state index contributed by atoms with van der Waals surface area (Å²) in [7, 11) is 1.53. The molecule has 2 nitrogen and oxygen atoms in total. The van der Waals surface area contributed by atoms with Gasteiger partial charge in [-0.25, -0.2) is 8.78 Å². The van der Waals surface area contributed by atoms with Gasteiger partial charge in [0.05, 0.1) is 7.11 Å². The molecule has 0 bridgehead atoms. The first-order valence-electron chi connectivity index (χ1n) is 5.85. The van der Waals surface area contributed by atoms with Gasteiger partial charge < -0.3 is 10.1 Å². The highest BCUT2D eigenvalue weighted by molar-refractivity contribution is 5.29. The lowest BCUT2D eigenvalue weighted by Crippen LogP contribution is -2.20. The van der Waals surface area contributed by atoms with Crippen molar-refractivity contribution in [1.29, 1.82) is 0 Å². The molecule has 1 aliphatic rings. The van der Waals surface area contributed by atoms with E-state index in [9.17, 15) is 8.78 Å². The summed E-state index contributed by atoms with van der Waals surface area (Å²) >= 11 is 0. The summed E-state index contributed by atoms with van der Waals surface area (Å²) in [4.78, 5) is 0. The van der Waals surface area contributed by atoms with Crippen LogP contribution in [0.4, 0.5) is 8.78 Å². The van der Waals surface area contributed by atoms with Crippen molar-refractivity contribution < 1.29 is 13.5 Å². The first kappa shape index (κ1) is 12.3. The van der Waals surface area contributed by atoms with Crippen LogP contribution in [-0.2, 0) is 5.92 Å². The van der Waals surface area contributed by atoms with Crippen molar-refractivity contribution >= 4 is 0 Å². The maximum Gasteiger partial charge on any atom is 0.273 e. The molecule has 0 saturated carbocycles. The third-order valence-corrected chi connectivity index (χ3v) is 3.22. The van der Waals surface area contributed by atoms with Gasteiger partial charge in [0, 0.05) is 12.0 Å². The maximum absolute atomic E-state index is 14.0. The van der Waals surface area contributed by atoms with E-state index in [2.05, 4.69) is 5.32 Å². The molecule has 1 atom stereocenters. The first-order chi connectivity index (χ1) is 8.12. The van der Waals surface area contributed by atoms with Crippen LogP contribution in [0, 0.1) is 5.92 Å². The second kappa shape index (κ2) is 5.00. The van der Waals surface area contributed by atoms with Crippen LogP contribution in [0.25, 0.3) is 0 Å². The van der Waals surface area contributed by atoms with Crippen LogP contribution in [0.3, 0.4) is 0 Å². The molecule has 1 unspecified atom stereocenters. The Kier molecular flexibility index (Phi) is 3.62. The zero-order chi connectivity index (χ0) is 12.3. The Balaban J connectivity index is 2.06. The van der Waals surface area contributed by atoms with Gasteiger partial charge in [0.15, 0.2) is 0 Å². The van der Waals surface area contributed by atoms with E-state index < -0.39 is 5.92 Å². The molecule has 1 aromatic carbocycles. The molecule has 4 heteroatoms. The van der Waals surface area contributed by atoms with E-state index >= 15 is 0 Å². The Hall–Kier alpha value is -1.16. The number of ether oxygens (including phenoxy) is 1. The van der Waals surface area contributed by atoms with Crippen molar-refractivity contribution in [2.45, 2.75) is 18.8 Å². The van der Waals surface area contributed by atoms with Gasteiger partial charge >= 0.3 is 0 Å². The SMILES string of the molecule is COc1ccc(C(F)(F)CC2CCNC2)cc1. The Morgan fingerprint density at radius 2 is 2.06 bits per heavy atom. The van der Waals surface area contributed by atoms with Crippen LogP contribution in [-0.4, -0.2) is 20.2 Å². The van der Waals surface area contributed by atoms with Crippen molar-refractivity contribution in [1.82, 2.24) is 5.32 Å². The summed E-state index contributed by atoms with van der Waals surface area (Å²) < 4.78 is 32.9. The Labute approximate surface area is 100.0 Å². The highest BCUT2D eigenvalue weighted by Gasteiger charge is 2.35. The quantitative estimate of drug-likeness (QED) is 0.875. The highest BCUT2D eigenvalue weighted by atomic mass is 19.3. The number of hydrogen-bond acceptors (Lipinski definition) is 2. The van der Waals surface area contributed by atoms with Crippen molar-refractivity contribution in [3.05, 3.63) is 29.8 Å². The minimum atomic E-state index is -2.75. The van der Waals surface area contributed by atoms with Crippen molar-refractivity contribution in [2.75, 3.05) is 20.2 Å². The summed E-state index contributed by atoms with van der Waals surface area (Å²) in [6.45, 7) is 1.55. The third-order valence-electron chi connectivity index (χ3n) is 3.22. The Morgan fingerprint density at radius 3 is 2.59 bits per heavy atom. The molecule has 17 heavy (non-hydrogen) atoms. The fourth-order valence-corrected chi connectivity index (χ4v) is 2.20. The third kappa shape index (κ3) is 2.94.